The number of carbonyl (C=O) groups excluding carboxylic acids is 2. The average Bonchev–Trinajstić information content (AvgIpc) is 3.39. The Labute approximate surface area is 214 Å². The quantitative estimate of drug-likeness (QED) is 0.408. The zero-order valence-electron chi connectivity index (χ0n) is 20.3. The fourth-order valence-electron chi connectivity index (χ4n) is 4.22. The number of fused-ring (bicyclic) bond motifs is 1. The number of rotatable bonds is 10. The highest BCUT2D eigenvalue weighted by atomic mass is 32.1. The highest BCUT2D eigenvalue weighted by Crippen LogP contribution is 2.34. The van der Waals surface area contributed by atoms with Crippen LogP contribution in [0.15, 0.2) is 60.0 Å². The fraction of sp³-hybridized carbons (Fsp3) is 0.333. The summed E-state index contributed by atoms with van der Waals surface area (Å²) in [7, 11) is 3.14. The zero-order valence-corrected chi connectivity index (χ0v) is 21.1. The van der Waals surface area contributed by atoms with Gasteiger partial charge in [0.25, 0.3) is 5.91 Å². The van der Waals surface area contributed by atoms with Crippen molar-refractivity contribution in [2.45, 2.75) is 12.5 Å². The number of hydrogen-bond acceptors (Lipinski definition) is 6. The van der Waals surface area contributed by atoms with Crippen LogP contribution in [0.5, 0.6) is 11.5 Å². The predicted octanol–water partition coefficient (Wildman–Crippen LogP) is 4.19. The second-order valence-electron chi connectivity index (χ2n) is 8.37. The fourth-order valence-corrected chi connectivity index (χ4v) is 5.15. The van der Waals surface area contributed by atoms with Crippen LogP contribution in [-0.2, 0) is 16.0 Å². The SMILES string of the molecule is COCCN(CC(=O)N1CCc2sccc2[C@H]1COc1cccc(OC)c1)C(=O)c1ccc(F)cc1. The second kappa shape index (κ2) is 12.0. The van der Waals surface area contributed by atoms with E-state index < -0.39 is 5.82 Å². The summed E-state index contributed by atoms with van der Waals surface area (Å²) in [6.45, 7) is 1.20. The van der Waals surface area contributed by atoms with Crippen molar-refractivity contribution in [3.8, 4) is 11.5 Å². The smallest absolute Gasteiger partial charge is 0.254 e. The molecule has 4 rings (SSSR count). The first-order chi connectivity index (χ1) is 17.5. The first-order valence-electron chi connectivity index (χ1n) is 11.7. The maximum Gasteiger partial charge on any atom is 0.254 e. The molecule has 7 nitrogen and oxygen atoms in total. The summed E-state index contributed by atoms with van der Waals surface area (Å²) in [6.07, 6.45) is 0.748. The van der Waals surface area contributed by atoms with E-state index in [9.17, 15) is 14.0 Å². The molecule has 0 N–H and O–H groups in total. The van der Waals surface area contributed by atoms with Gasteiger partial charge in [0.1, 0.15) is 30.5 Å². The van der Waals surface area contributed by atoms with Crippen LogP contribution in [-0.4, -0.2) is 68.7 Å². The Bertz CT molecular complexity index is 1180. The van der Waals surface area contributed by atoms with Gasteiger partial charge in [-0.05, 0) is 59.8 Å². The van der Waals surface area contributed by atoms with Gasteiger partial charge in [-0.1, -0.05) is 6.07 Å². The van der Waals surface area contributed by atoms with E-state index in [4.69, 9.17) is 14.2 Å². The summed E-state index contributed by atoms with van der Waals surface area (Å²) >= 11 is 1.67. The molecule has 2 heterocycles. The first kappa shape index (κ1) is 25.7. The molecular formula is C27H29FN2O5S. The Hall–Kier alpha value is -3.43. The van der Waals surface area contributed by atoms with Gasteiger partial charge >= 0.3 is 0 Å². The summed E-state index contributed by atoms with van der Waals surface area (Å²) in [5.41, 5.74) is 1.38. The molecule has 0 fully saturated rings. The van der Waals surface area contributed by atoms with Crippen molar-refractivity contribution in [1.29, 1.82) is 0 Å². The third-order valence-electron chi connectivity index (χ3n) is 6.13. The standard InChI is InChI=1S/C27H29FN2O5S/c1-33-14-13-29(27(32)19-6-8-20(28)9-7-19)17-26(31)30-12-10-25-23(11-15-36-25)24(30)18-35-22-5-3-4-21(16-22)34-2/h3-9,11,15-16,24H,10,12-14,17-18H2,1-2H3/t24-/m1/s1. The molecule has 1 aliphatic rings. The van der Waals surface area contributed by atoms with Gasteiger partial charge in [0.2, 0.25) is 5.91 Å². The lowest BCUT2D eigenvalue weighted by molar-refractivity contribution is -0.135. The lowest BCUT2D eigenvalue weighted by Gasteiger charge is -2.37. The van der Waals surface area contributed by atoms with Gasteiger partial charge in [0.05, 0.1) is 19.8 Å². The van der Waals surface area contributed by atoms with Crippen molar-refractivity contribution in [3.63, 3.8) is 0 Å². The topological polar surface area (TPSA) is 68.3 Å². The zero-order chi connectivity index (χ0) is 25.5. The number of methoxy groups -OCH3 is 2. The Kier molecular flexibility index (Phi) is 8.56. The summed E-state index contributed by atoms with van der Waals surface area (Å²) in [5.74, 6) is 0.381. The normalized spacial score (nSPS) is 14.8. The number of benzene rings is 2. The van der Waals surface area contributed by atoms with Crippen LogP contribution in [0.4, 0.5) is 4.39 Å². The van der Waals surface area contributed by atoms with Crippen molar-refractivity contribution < 1.29 is 28.2 Å². The number of halogens is 1. The number of ether oxygens (including phenoxy) is 3. The van der Waals surface area contributed by atoms with Gasteiger partial charge in [-0.2, -0.15) is 0 Å². The van der Waals surface area contributed by atoms with E-state index in [0.29, 0.717) is 23.6 Å². The predicted molar refractivity (Wildman–Crippen MR) is 135 cm³/mol. The molecule has 0 unspecified atom stereocenters. The molecule has 0 radical (unpaired) electrons. The number of amides is 2. The van der Waals surface area contributed by atoms with E-state index in [2.05, 4.69) is 0 Å². The molecule has 1 atom stereocenters. The van der Waals surface area contributed by atoms with Gasteiger partial charge < -0.3 is 24.0 Å². The molecule has 0 saturated carbocycles. The molecule has 3 aromatic rings. The van der Waals surface area contributed by atoms with Crippen LogP contribution < -0.4 is 9.47 Å². The Morgan fingerprint density at radius 2 is 1.89 bits per heavy atom. The molecular weight excluding hydrogens is 483 g/mol. The molecule has 0 bridgehead atoms. The van der Waals surface area contributed by atoms with Crippen molar-refractivity contribution in [2.24, 2.45) is 0 Å². The largest absolute Gasteiger partial charge is 0.497 e. The van der Waals surface area contributed by atoms with Crippen LogP contribution in [0.2, 0.25) is 0 Å². The second-order valence-corrected chi connectivity index (χ2v) is 9.37. The first-order valence-corrected chi connectivity index (χ1v) is 12.5. The maximum absolute atomic E-state index is 13.6. The van der Waals surface area contributed by atoms with Crippen molar-refractivity contribution in [1.82, 2.24) is 9.80 Å². The Morgan fingerprint density at radius 3 is 2.64 bits per heavy atom. The highest BCUT2D eigenvalue weighted by molar-refractivity contribution is 7.10. The van der Waals surface area contributed by atoms with E-state index in [0.717, 1.165) is 12.0 Å². The molecule has 9 heteroatoms. The number of hydrogen-bond donors (Lipinski definition) is 0. The van der Waals surface area contributed by atoms with Crippen LogP contribution in [0.1, 0.15) is 26.8 Å². The number of thiophene rings is 1. The Balaban J connectivity index is 1.52. The van der Waals surface area contributed by atoms with Gasteiger partial charge in [-0.25, -0.2) is 4.39 Å². The van der Waals surface area contributed by atoms with Crippen LogP contribution in [0.25, 0.3) is 0 Å². The van der Waals surface area contributed by atoms with Gasteiger partial charge in [0, 0.05) is 36.7 Å². The molecule has 2 amide bonds. The summed E-state index contributed by atoms with van der Waals surface area (Å²) < 4.78 is 29.9. The van der Waals surface area contributed by atoms with Crippen molar-refractivity contribution >= 4 is 23.2 Å². The summed E-state index contributed by atoms with van der Waals surface area (Å²) in [5, 5.41) is 2.03. The molecule has 0 saturated heterocycles. The van der Waals surface area contributed by atoms with Gasteiger partial charge in [-0.15, -0.1) is 11.3 Å². The Morgan fingerprint density at radius 1 is 1.11 bits per heavy atom. The van der Waals surface area contributed by atoms with Gasteiger partial charge in [-0.3, -0.25) is 9.59 Å². The molecule has 1 aromatic heterocycles. The highest BCUT2D eigenvalue weighted by Gasteiger charge is 2.33. The monoisotopic (exact) mass is 512 g/mol. The van der Waals surface area contributed by atoms with Crippen LogP contribution in [0.3, 0.4) is 0 Å². The number of nitrogens with zero attached hydrogens (tertiary/aromatic N) is 2. The summed E-state index contributed by atoms with van der Waals surface area (Å²) in [4.78, 5) is 31.2. The van der Waals surface area contributed by atoms with E-state index >= 15 is 0 Å². The van der Waals surface area contributed by atoms with Crippen molar-refractivity contribution in [2.75, 3.05) is 47.1 Å². The average molecular weight is 513 g/mol. The third-order valence-corrected chi connectivity index (χ3v) is 7.13. The number of carbonyl (C=O) groups is 2. The lowest BCUT2D eigenvalue weighted by atomic mass is 10.0. The van der Waals surface area contributed by atoms with E-state index in [1.165, 1.54) is 41.2 Å². The minimum Gasteiger partial charge on any atom is -0.497 e. The molecule has 2 aromatic carbocycles. The molecule has 36 heavy (non-hydrogen) atoms. The molecule has 1 aliphatic heterocycles. The van der Waals surface area contributed by atoms with E-state index in [1.807, 2.05) is 29.6 Å². The van der Waals surface area contributed by atoms with Crippen LogP contribution >= 0.6 is 11.3 Å². The van der Waals surface area contributed by atoms with E-state index in [-0.39, 0.29) is 44.2 Å². The van der Waals surface area contributed by atoms with Crippen LogP contribution in [0, 0.1) is 5.82 Å². The third kappa shape index (κ3) is 6.03. The maximum atomic E-state index is 13.6. The van der Waals surface area contributed by atoms with E-state index in [1.54, 1.807) is 29.4 Å². The van der Waals surface area contributed by atoms with Gasteiger partial charge in [0.15, 0.2) is 0 Å². The summed E-state index contributed by atoms with van der Waals surface area (Å²) in [6, 6.07) is 14.4. The molecule has 0 aliphatic carbocycles. The van der Waals surface area contributed by atoms with Crippen molar-refractivity contribution in [3.05, 3.63) is 81.8 Å². The minimum absolute atomic E-state index is 0.116. The molecule has 190 valence electrons. The minimum atomic E-state index is -0.426. The lowest BCUT2D eigenvalue weighted by Crippen LogP contribution is -2.48. The molecule has 0 spiro atoms.